The molecule has 1 saturated heterocycles. The van der Waals surface area contributed by atoms with Gasteiger partial charge in [0.05, 0.1) is 26.0 Å². The molecule has 0 saturated carbocycles. The number of nitrogens with zero attached hydrogens (tertiary/aromatic N) is 6. The second kappa shape index (κ2) is 9.33. The van der Waals surface area contributed by atoms with Gasteiger partial charge in [0.25, 0.3) is 0 Å². The summed E-state index contributed by atoms with van der Waals surface area (Å²) in [6, 6.07) is 19.5. The molecule has 0 aliphatic carbocycles. The van der Waals surface area contributed by atoms with Gasteiger partial charge in [0.15, 0.2) is 0 Å². The smallest absolute Gasteiger partial charge is 0.323 e. The van der Waals surface area contributed by atoms with E-state index < -0.39 is 6.04 Å². The van der Waals surface area contributed by atoms with Crippen molar-refractivity contribution >= 4 is 5.97 Å². The lowest BCUT2D eigenvalue weighted by molar-refractivity contribution is -0.144. The molecule has 2 aromatic carbocycles. The van der Waals surface area contributed by atoms with E-state index in [4.69, 9.17) is 4.74 Å². The zero-order chi connectivity index (χ0) is 22.6. The van der Waals surface area contributed by atoms with Gasteiger partial charge in [0, 0.05) is 29.6 Å². The Hall–Kier alpha value is -3.85. The minimum Gasteiger partial charge on any atom is -0.468 e. The van der Waals surface area contributed by atoms with Gasteiger partial charge < -0.3 is 4.74 Å². The average Bonchev–Trinajstić information content (AvgIpc) is 3.61. The molecule has 0 amide bonds. The van der Waals surface area contributed by atoms with Gasteiger partial charge in [-0.25, -0.2) is 0 Å². The number of benzene rings is 2. The summed E-state index contributed by atoms with van der Waals surface area (Å²) in [6.07, 6.45) is 4.63. The van der Waals surface area contributed by atoms with Crippen LogP contribution in [0.2, 0.25) is 0 Å². The number of rotatable bonds is 7. The zero-order valence-corrected chi connectivity index (χ0v) is 18.3. The zero-order valence-electron chi connectivity index (χ0n) is 18.3. The summed E-state index contributed by atoms with van der Waals surface area (Å²) < 4.78 is 8.68. The molecule has 168 valence electrons. The number of nitrogens with one attached hydrogen (secondary N) is 1. The highest BCUT2D eigenvalue weighted by atomic mass is 16.5. The fourth-order valence-electron chi connectivity index (χ4n) is 4.38. The summed E-state index contributed by atoms with van der Waals surface area (Å²) in [5, 5.41) is 20.6. The largest absolute Gasteiger partial charge is 0.468 e. The molecule has 1 aliphatic heterocycles. The van der Waals surface area contributed by atoms with Gasteiger partial charge in [-0.05, 0) is 6.42 Å². The standard InChI is InChI=1S/C24H25N7O2/c1-33-24(32)23-19(13-30-15-21(26-28-30)17-8-4-2-5-9-17)12-20(25-23)14-31-16-22(27-29-31)18-10-6-3-7-11-18/h2-11,15-16,19-20,23,25H,12-14H2,1H3/t19-,20+,23+/m0/s1. The first-order valence-electron chi connectivity index (χ1n) is 10.9. The lowest BCUT2D eigenvalue weighted by atomic mass is 9.99. The van der Waals surface area contributed by atoms with Crippen molar-refractivity contribution < 1.29 is 9.53 Å². The predicted molar refractivity (Wildman–Crippen MR) is 122 cm³/mol. The molecule has 0 spiro atoms. The molecule has 2 aromatic heterocycles. The Morgan fingerprint density at radius 1 is 0.909 bits per heavy atom. The molecular formula is C24H25N7O2. The molecule has 5 rings (SSSR count). The second-order valence-corrected chi connectivity index (χ2v) is 8.24. The minimum absolute atomic E-state index is 0.0184. The number of carbonyl (C=O) groups is 1. The summed E-state index contributed by atoms with van der Waals surface area (Å²) in [6.45, 7) is 1.17. The van der Waals surface area contributed by atoms with Gasteiger partial charge in [-0.2, -0.15) is 0 Å². The average molecular weight is 444 g/mol. The molecule has 3 atom stereocenters. The Bertz CT molecular complexity index is 1210. The van der Waals surface area contributed by atoms with Gasteiger partial charge >= 0.3 is 5.97 Å². The maximum absolute atomic E-state index is 12.5. The molecule has 0 radical (unpaired) electrons. The summed E-state index contributed by atoms with van der Waals surface area (Å²) >= 11 is 0. The van der Waals surface area contributed by atoms with Crippen LogP contribution in [0.3, 0.4) is 0 Å². The third kappa shape index (κ3) is 4.68. The van der Waals surface area contributed by atoms with E-state index in [0.29, 0.717) is 13.1 Å². The Morgan fingerprint density at radius 2 is 1.45 bits per heavy atom. The molecular weight excluding hydrogens is 418 g/mol. The van der Waals surface area contributed by atoms with Gasteiger partial charge in [0.2, 0.25) is 0 Å². The predicted octanol–water partition coefficient (Wildman–Crippen LogP) is 2.42. The summed E-state index contributed by atoms with van der Waals surface area (Å²) in [7, 11) is 1.42. The fraction of sp³-hybridized carbons (Fsp3) is 0.292. The summed E-state index contributed by atoms with van der Waals surface area (Å²) in [4.78, 5) is 12.5. The third-order valence-corrected chi connectivity index (χ3v) is 5.97. The van der Waals surface area contributed by atoms with Crippen LogP contribution in [0.25, 0.3) is 22.5 Å². The van der Waals surface area contributed by atoms with Crippen LogP contribution < -0.4 is 5.32 Å². The van der Waals surface area contributed by atoms with Gasteiger partial charge in [-0.15, -0.1) is 10.2 Å². The molecule has 9 heteroatoms. The van der Waals surface area contributed by atoms with Crippen molar-refractivity contribution in [3.8, 4) is 22.5 Å². The Kier molecular flexibility index (Phi) is 5.95. The molecule has 33 heavy (non-hydrogen) atoms. The van der Waals surface area contributed by atoms with E-state index in [1.54, 1.807) is 4.68 Å². The van der Waals surface area contributed by atoms with Crippen molar-refractivity contribution in [1.29, 1.82) is 0 Å². The molecule has 0 unspecified atom stereocenters. The summed E-state index contributed by atoms with van der Waals surface area (Å²) in [5.74, 6) is -0.251. The number of hydrogen-bond acceptors (Lipinski definition) is 7. The Balaban J connectivity index is 1.28. The van der Waals surface area contributed by atoms with Gasteiger partial charge in [0.1, 0.15) is 17.4 Å². The number of methoxy groups -OCH3 is 1. The van der Waals surface area contributed by atoms with Crippen molar-refractivity contribution in [3.63, 3.8) is 0 Å². The van der Waals surface area contributed by atoms with E-state index in [2.05, 4.69) is 25.9 Å². The van der Waals surface area contributed by atoms with Crippen molar-refractivity contribution in [2.75, 3.05) is 7.11 Å². The normalized spacial score (nSPS) is 20.1. The number of aromatic nitrogens is 6. The van der Waals surface area contributed by atoms with Crippen molar-refractivity contribution in [2.45, 2.75) is 31.6 Å². The molecule has 0 bridgehead atoms. The Labute approximate surface area is 191 Å². The van der Waals surface area contributed by atoms with Crippen LogP contribution in [-0.2, 0) is 22.6 Å². The van der Waals surface area contributed by atoms with E-state index in [9.17, 15) is 4.79 Å². The quantitative estimate of drug-likeness (QED) is 0.438. The van der Waals surface area contributed by atoms with E-state index in [-0.39, 0.29) is 17.9 Å². The number of esters is 1. The third-order valence-electron chi connectivity index (χ3n) is 5.97. The van der Waals surface area contributed by atoms with E-state index in [1.165, 1.54) is 7.11 Å². The van der Waals surface area contributed by atoms with Crippen LogP contribution in [0.1, 0.15) is 6.42 Å². The first-order valence-corrected chi connectivity index (χ1v) is 10.9. The lowest BCUT2D eigenvalue weighted by Gasteiger charge is -2.16. The highest BCUT2D eigenvalue weighted by Crippen LogP contribution is 2.25. The van der Waals surface area contributed by atoms with Crippen molar-refractivity contribution in [3.05, 3.63) is 73.1 Å². The van der Waals surface area contributed by atoms with Crippen LogP contribution >= 0.6 is 0 Å². The lowest BCUT2D eigenvalue weighted by Crippen LogP contribution is -2.41. The molecule has 4 aromatic rings. The molecule has 1 fully saturated rings. The summed E-state index contributed by atoms with van der Waals surface area (Å²) in [5.41, 5.74) is 3.67. The maximum atomic E-state index is 12.5. The highest BCUT2D eigenvalue weighted by Gasteiger charge is 2.39. The van der Waals surface area contributed by atoms with E-state index in [0.717, 1.165) is 28.9 Å². The van der Waals surface area contributed by atoms with Crippen LogP contribution in [0, 0.1) is 5.92 Å². The molecule has 3 heterocycles. The number of hydrogen-bond donors (Lipinski definition) is 1. The minimum atomic E-state index is -0.415. The van der Waals surface area contributed by atoms with Crippen LogP contribution in [0.5, 0.6) is 0 Å². The Morgan fingerprint density at radius 3 is 2.00 bits per heavy atom. The monoisotopic (exact) mass is 443 g/mol. The topological polar surface area (TPSA) is 99.8 Å². The van der Waals surface area contributed by atoms with Crippen molar-refractivity contribution in [1.82, 2.24) is 35.3 Å². The van der Waals surface area contributed by atoms with Gasteiger partial charge in [-0.3, -0.25) is 19.5 Å². The maximum Gasteiger partial charge on any atom is 0.323 e. The number of ether oxygens (including phenoxy) is 1. The van der Waals surface area contributed by atoms with E-state index in [1.807, 2.05) is 77.7 Å². The molecule has 1 N–H and O–H groups in total. The fourth-order valence-corrected chi connectivity index (χ4v) is 4.38. The number of carbonyl (C=O) groups excluding carboxylic acids is 1. The van der Waals surface area contributed by atoms with Crippen LogP contribution in [0.15, 0.2) is 73.1 Å². The van der Waals surface area contributed by atoms with Crippen LogP contribution in [-0.4, -0.2) is 55.2 Å². The first-order chi connectivity index (χ1) is 16.2. The first kappa shape index (κ1) is 21.0. The SMILES string of the molecule is COC(=O)[C@@H]1N[C@@H](Cn2cc(-c3ccccc3)nn2)C[C@H]1Cn1cc(-c2ccccc2)nn1. The molecule has 1 aliphatic rings. The van der Waals surface area contributed by atoms with Crippen molar-refractivity contribution in [2.24, 2.45) is 5.92 Å². The van der Waals surface area contributed by atoms with Gasteiger partial charge in [-0.1, -0.05) is 71.1 Å². The van der Waals surface area contributed by atoms with Crippen LogP contribution in [0.4, 0.5) is 0 Å². The second-order valence-electron chi connectivity index (χ2n) is 8.24. The van der Waals surface area contributed by atoms with E-state index >= 15 is 0 Å². The highest BCUT2D eigenvalue weighted by molar-refractivity contribution is 5.76. The molecule has 9 nitrogen and oxygen atoms in total.